The monoisotopic (exact) mass is 280 g/mol. The predicted octanol–water partition coefficient (Wildman–Crippen LogP) is 2.16. The van der Waals surface area contributed by atoms with Crippen LogP contribution in [0.3, 0.4) is 0 Å². The number of benzene rings is 1. The number of rotatable bonds is 3. The standard InChI is InChI=1S/C14H16O4S/c1-10-4-3-5-13(11(10)2)18-14(15)8-12-6-7-19(16,17)9-12/h3-7,12H,8-9H2,1-2H3. The molecule has 0 fully saturated rings. The van der Waals surface area contributed by atoms with Crippen LogP contribution in [0.25, 0.3) is 0 Å². The van der Waals surface area contributed by atoms with Crippen molar-refractivity contribution in [3.05, 3.63) is 40.8 Å². The van der Waals surface area contributed by atoms with Crippen LogP contribution in [0, 0.1) is 19.8 Å². The fourth-order valence-electron chi connectivity index (χ4n) is 1.98. The largest absolute Gasteiger partial charge is 0.426 e. The van der Waals surface area contributed by atoms with Crippen molar-refractivity contribution in [3.63, 3.8) is 0 Å². The van der Waals surface area contributed by atoms with E-state index >= 15 is 0 Å². The second-order valence-electron chi connectivity index (χ2n) is 4.79. The molecule has 1 aromatic carbocycles. The van der Waals surface area contributed by atoms with Crippen molar-refractivity contribution in [2.45, 2.75) is 20.3 Å². The average molecular weight is 280 g/mol. The normalized spacial score (nSPS) is 20.4. The van der Waals surface area contributed by atoms with E-state index in [-0.39, 0.29) is 18.1 Å². The summed E-state index contributed by atoms with van der Waals surface area (Å²) in [6.07, 6.45) is 1.64. The van der Waals surface area contributed by atoms with Gasteiger partial charge in [0.1, 0.15) is 5.75 Å². The van der Waals surface area contributed by atoms with Gasteiger partial charge in [0.15, 0.2) is 9.84 Å². The zero-order valence-corrected chi connectivity index (χ0v) is 11.7. The zero-order chi connectivity index (χ0) is 14.0. The predicted molar refractivity (Wildman–Crippen MR) is 72.6 cm³/mol. The van der Waals surface area contributed by atoms with Crippen LogP contribution in [0.5, 0.6) is 5.75 Å². The summed E-state index contributed by atoms with van der Waals surface area (Å²) in [5.74, 6) is -0.146. The third-order valence-corrected chi connectivity index (χ3v) is 4.68. The van der Waals surface area contributed by atoms with E-state index in [0.717, 1.165) is 11.1 Å². The molecule has 0 bridgehead atoms. The Morgan fingerprint density at radius 2 is 2.11 bits per heavy atom. The van der Waals surface area contributed by atoms with Crippen molar-refractivity contribution in [2.75, 3.05) is 5.75 Å². The molecule has 1 aliphatic rings. The van der Waals surface area contributed by atoms with Gasteiger partial charge < -0.3 is 4.74 Å². The van der Waals surface area contributed by atoms with Gasteiger partial charge in [-0.15, -0.1) is 0 Å². The minimum absolute atomic E-state index is 0.00506. The summed E-state index contributed by atoms with van der Waals surface area (Å²) in [5.41, 5.74) is 1.97. The zero-order valence-electron chi connectivity index (χ0n) is 10.9. The topological polar surface area (TPSA) is 60.4 Å². The first-order valence-corrected chi connectivity index (χ1v) is 7.77. The molecule has 19 heavy (non-hydrogen) atoms. The molecule has 5 heteroatoms. The van der Waals surface area contributed by atoms with E-state index < -0.39 is 15.8 Å². The van der Waals surface area contributed by atoms with E-state index in [1.165, 1.54) is 5.41 Å². The van der Waals surface area contributed by atoms with Crippen LogP contribution in [0.2, 0.25) is 0 Å². The van der Waals surface area contributed by atoms with Gasteiger partial charge in [0.2, 0.25) is 0 Å². The number of sulfone groups is 1. The van der Waals surface area contributed by atoms with Crippen molar-refractivity contribution >= 4 is 15.8 Å². The van der Waals surface area contributed by atoms with E-state index in [4.69, 9.17) is 4.74 Å². The maximum absolute atomic E-state index is 11.8. The second kappa shape index (κ2) is 5.17. The highest BCUT2D eigenvalue weighted by atomic mass is 32.2. The van der Waals surface area contributed by atoms with Crippen molar-refractivity contribution in [3.8, 4) is 5.75 Å². The van der Waals surface area contributed by atoms with Crippen molar-refractivity contribution in [1.82, 2.24) is 0 Å². The molecule has 2 rings (SSSR count). The molecule has 1 aliphatic heterocycles. The molecule has 4 nitrogen and oxygen atoms in total. The van der Waals surface area contributed by atoms with Crippen molar-refractivity contribution < 1.29 is 17.9 Å². The Labute approximate surface area is 113 Å². The van der Waals surface area contributed by atoms with Crippen LogP contribution < -0.4 is 4.74 Å². The molecule has 1 unspecified atom stereocenters. The summed E-state index contributed by atoms with van der Waals surface area (Å²) in [6, 6.07) is 5.51. The number of esters is 1. The van der Waals surface area contributed by atoms with Crippen molar-refractivity contribution in [2.24, 2.45) is 5.92 Å². The molecular formula is C14H16O4S. The third-order valence-electron chi connectivity index (χ3n) is 3.21. The molecule has 0 saturated heterocycles. The summed E-state index contributed by atoms with van der Waals surface area (Å²) in [4.78, 5) is 11.8. The van der Waals surface area contributed by atoms with E-state index in [0.29, 0.717) is 5.75 Å². The molecule has 0 radical (unpaired) electrons. The van der Waals surface area contributed by atoms with Crippen LogP contribution >= 0.6 is 0 Å². The van der Waals surface area contributed by atoms with Gasteiger partial charge in [-0.3, -0.25) is 4.79 Å². The maximum atomic E-state index is 11.8. The van der Waals surface area contributed by atoms with Gasteiger partial charge in [0.25, 0.3) is 0 Å². The first kappa shape index (κ1) is 13.8. The fraction of sp³-hybridized carbons (Fsp3) is 0.357. The number of hydrogen-bond donors (Lipinski definition) is 0. The lowest BCUT2D eigenvalue weighted by molar-refractivity contribution is -0.135. The summed E-state index contributed by atoms with van der Waals surface area (Å²) in [6.45, 7) is 3.83. The quantitative estimate of drug-likeness (QED) is 0.629. The first-order chi connectivity index (χ1) is 8.87. The SMILES string of the molecule is Cc1cccc(OC(=O)CC2C=CS(=O)(=O)C2)c1C. The number of ether oxygens (including phenoxy) is 1. The lowest BCUT2D eigenvalue weighted by atomic mass is 10.1. The summed E-state index contributed by atoms with van der Waals surface area (Å²) in [7, 11) is -3.12. The fourth-order valence-corrected chi connectivity index (χ4v) is 3.38. The molecule has 1 atom stereocenters. The summed E-state index contributed by atoms with van der Waals surface area (Å²) in [5, 5.41) is 1.17. The van der Waals surface area contributed by atoms with Gasteiger partial charge in [-0.1, -0.05) is 18.2 Å². The molecule has 0 aliphatic carbocycles. The molecule has 1 heterocycles. The minimum atomic E-state index is -3.12. The van der Waals surface area contributed by atoms with Crippen LogP contribution in [0.1, 0.15) is 17.5 Å². The number of allylic oxidation sites excluding steroid dienone is 1. The highest BCUT2D eigenvalue weighted by Gasteiger charge is 2.24. The van der Waals surface area contributed by atoms with E-state index in [9.17, 15) is 13.2 Å². The molecule has 0 saturated carbocycles. The van der Waals surface area contributed by atoms with Gasteiger partial charge in [0.05, 0.1) is 12.2 Å². The van der Waals surface area contributed by atoms with Gasteiger partial charge in [0, 0.05) is 11.3 Å². The van der Waals surface area contributed by atoms with Gasteiger partial charge in [-0.2, -0.15) is 0 Å². The summed E-state index contributed by atoms with van der Waals surface area (Å²) >= 11 is 0. The molecule has 0 aromatic heterocycles. The lowest BCUT2D eigenvalue weighted by Gasteiger charge is -2.10. The van der Waals surface area contributed by atoms with Crippen LogP contribution in [0.4, 0.5) is 0 Å². The van der Waals surface area contributed by atoms with Gasteiger partial charge >= 0.3 is 5.97 Å². The molecule has 1 aromatic rings. The average Bonchev–Trinajstić information content (AvgIpc) is 2.64. The van der Waals surface area contributed by atoms with Crippen LogP contribution in [-0.4, -0.2) is 20.1 Å². The molecule has 0 amide bonds. The Bertz CT molecular complexity index is 629. The molecular weight excluding hydrogens is 264 g/mol. The van der Waals surface area contributed by atoms with Gasteiger partial charge in [-0.25, -0.2) is 8.42 Å². The van der Waals surface area contributed by atoms with Crippen molar-refractivity contribution in [1.29, 1.82) is 0 Å². The highest BCUT2D eigenvalue weighted by Crippen LogP contribution is 2.23. The van der Waals surface area contributed by atoms with E-state index in [2.05, 4.69) is 0 Å². The molecule has 102 valence electrons. The Morgan fingerprint density at radius 3 is 2.74 bits per heavy atom. The Balaban J connectivity index is 1.99. The number of aryl methyl sites for hydroxylation is 1. The first-order valence-electron chi connectivity index (χ1n) is 6.05. The number of carbonyl (C=O) groups is 1. The maximum Gasteiger partial charge on any atom is 0.311 e. The highest BCUT2D eigenvalue weighted by molar-refractivity contribution is 7.94. The lowest BCUT2D eigenvalue weighted by Crippen LogP contribution is -2.16. The second-order valence-corrected chi connectivity index (χ2v) is 6.73. The van der Waals surface area contributed by atoms with E-state index in [1.54, 1.807) is 12.1 Å². The van der Waals surface area contributed by atoms with Gasteiger partial charge in [-0.05, 0) is 31.0 Å². The molecule has 0 N–H and O–H groups in total. The Kier molecular flexibility index (Phi) is 3.75. The third kappa shape index (κ3) is 3.44. The van der Waals surface area contributed by atoms with Crippen LogP contribution in [-0.2, 0) is 14.6 Å². The smallest absolute Gasteiger partial charge is 0.311 e. The number of hydrogen-bond acceptors (Lipinski definition) is 4. The Hall–Kier alpha value is -1.62. The van der Waals surface area contributed by atoms with E-state index in [1.807, 2.05) is 26.0 Å². The Morgan fingerprint density at radius 1 is 1.37 bits per heavy atom. The van der Waals surface area contributed by atoms with Crippen LogP contribution in [0.15, 0.2) is 29.7 Å². The summed E-state index contributed by atoms with van der Waals surface area (Å²) < 4.78 is 27.8. The minimum Gasteiger partial charge on any atom is -0.426 e. The molecule has 0 spiro atoms. The number of carbonyl (C=O) groups excluding carboxylic acids is 1.